The Labute approximate surface area is 238 Å². The van der Waals surface area contributed by atoms with Crippen LogP contribution >= 0.6 is 0 Å². The van der Waals surface area contributed by atoms with Gasteiger partial charge in [0.25, 0.3) is 5.56 Å². The highest BCUT2D eigenvalue weighted by Gasteiger charge is 2.29. The first-order chi connectivity index (χ1) is 20.4. The van der Waals surface area contributed by atoms with Crippen molar-refractivity contribution in [2.24, 2.45) is 0 Å². The third-order valence-corrected chi connectivity index (χ3v) is 7.15. The van der Waals surface area contributed by atoms with Crippen LogP contribution in [0.25, 0.3) is 16.6 Å². The third kappa shape index (κ3) is 4.84. The standard InChI is InChI=1S/C30H25F2N5O5/c1-40-26-13-20-22(14-27(26)41-2)34-16-35-29(20)42-19-8-7-18(33-15-19)12-25(38)28-23-5-3-4-10-36(23)37(30(28)39)24-11-17(31)6-9-21(24)32/h6-9,11,13-16H,3-5,10,12H2,1-2H3. The molecule has 0 atom stereocenters. The first kappa shape index (κ1) is 27.1. The van der Waals surface area contributed by atoms with Crippen molar-refractivity contribution in [2.75, 3.05) is 14.2 Å². The maximum Gasteiger partial charge on any atom is 0.282 e. The van der Waals surface area contributed by atoms with E-state index in [9.17, 15) is 18.4 Å². The lowest BCUT2D eigenvalue weighted by atomic mass is 10.0. The van der Waals surface area contributed by atoms with Crippen LogP contribution in [0.4, 0.5) is 8.78 Å². The number of carbonyl (C=O) groups excluding carboxylic acids is 1. The van der Waals surface area contributed by atoms with E-state index >= 15 is 0 Å². The number of halogens is 2. The Morgan fingerprint density at radius 3 is 2.55 bits per heavy atom. The van der Waals surface area contributed by atoms with Gasteiger partial charge in [0.05, 0.1) is 43.4 Å². The highest BCUT2D eigenvalue weighted by atomic mass is 19.1. The predicted octanol–water partition coefficient (Wildman–Crippen LogP) is 4.83. The number of pyridine rings is 1. The Morgan fingerprint density at radius 2 is 1.79 bits per heavy atom. The summed E-state index contributed by atoms with van der Waals surface area (Å²) in [5.41, 5.74) is 0.580. The van der Waals surface area contributed by atoms with E-state index in [0.29, 0.717) is 52.5 Å². The molecule has 1 aliphatic heterocycles. The third-order valence-electron chi connectivity index (χ3n) is 7.15. The number of hydrogen-bond acceptors (Lipinski definition) is 8. The molecule has 214 valence electrons. The number of benzene rings is 2. The molecule has 0 unspecified atom stereocenters. The van der Waals surface area contributed by atoms with Crippen LogP contribution in [0.15, 0.2) is 59.8 Å². The lowest BCUT2D eigenvalue weighted by molar-refractivity contribution is 0.0989. The van der Waals surface area contributed by atoms with Gasteiger partial charge < -0.3 is 14.2 Å². The van der Waals surface area contributed by atoms with Crippen molar-refractivity contribution in [2.45, 2.75) is 32.2 Å². The summed E-state index contributed by atoms with van der Waals surface area (Å²) in [5.74, 6) is -0.243. The predicted molar refractivity (Wildman–Crippen MR) is 148 cm³/mol. The quantitative estimate of drug-likeness (QED) is 0.243. The average molecular weight is 574 g/mol. The van der Waals surface area contributed by atoms with Gasteiger partial charge in [-0.05, 0) is 49.6 Å². The maximum atomic E-state index is 14.6. The highest BCUT2D eigenvalue weighted by molar-refractivity contribution is 5.98. The first-order valence-corrected chi connectivity index (χ1v) is 13.2. The van der Waals surface area contributed by atoms with Crippen LogP contribution < -0.4 is 19.8 Å². The Morgan fingerprint density at radius 1 is 0.976 bits per heavy atom. The number of ether oxygens (including phenoxy) is 3. The molecule has 0 amide bonds. The van der Waals surface area contributed by atoms with Gasteiger partial charge in [-0.25, -0.2) is 23.4 Å². The SMILES string of the molecule is COc1cc2ncnc(Oc3ccc(CC(=O)c4c5n(n(-c6cc(F)ccc6F)c4=O)CCCC5)nc3)c2cc1OC. The summed E-state index contributed by atoms with van der Waals surface area (Å²) >= 11 is 0. The molecule has 4 heterocycles. The normalized spacial score (nSPS) is 12.7. The number of fused-ring (bicyclic) bond motifs is 2. The molecule has 10 nitrogen and oxygen atoms in total. The molecule has 2 aromatic carbocycles. The van der Waals surface area contributed by atoms with Crippen molar-refractivity contribution in [3.63, 3.8) is 0 Å². The molecular weight excluding hydrogens is 548 g/mol. The Bertz CT molecular complexity index is 1880. The van der Waals surface area contributed by atoms with E-state index in [0.717, 1.165) is 35.7 Å². The summed E-state index contributed by atoms with van der Waals surface area (Å²) in [7, 11) is 3.06. The largest absolute Gasteiger partial charge is 0.493 e. The number of methoxy groups -OCH3 is 2. The Hall–Kier alpha value is -5.13. The van der Waals surface area contributed by atoms with Gasteiger partial charge in [-0.1, -0.05) is 0 Å². The van der Waals surface area contributed by atoms with Crippen LogP contribution in [0.5, 0.6) is 23.1 Å². The van der Waals surface area contributed by atoms with Gasteiger partial charge in [0.15, 0.2) is 17.3 Å². The molecule has 0 fully saturated rings. The Kier molecular flexibility index (Phi) is 7.11. The van der Waals surface area contributed by atoms with E-state index in [1.54, 1.807) is 28.9 Å². The zero-order valence-corrected chi connectivity index (χ0v) is 22.8. The molecule has 0 radical (unpaired) electrons. The van der Waals surface area contributed by atoms with Gasteiger partial charge in [0.2, 0.25) is 5.88 Å². The first-order valence-electron chi connectivity index (χ1n) is 13.2. The number of rotatable bonds is 8. The zero-order chi connectivity index (χ0) is 29.4. The summed E-state index contributed by atoms with van der Waals surface area (Å²) in [6.07, 6.45) is 4.65. The van der Waals surface area contributed by atoms with E-state index in [2.05, 4.69) is 15.0 Å². The molecule has 6 rings (SSSR count). The minimum Gasteiger partial charge on any atom is -0.493 e. The van der Waals surface area contributed by atoms with Gasteiger partial charge in [-0.2, -0.15) is 0 Å². The molecule has 0 bridgehead atoms. The maximum absolute atomic E-state index is 14.6. The van der Waals surface area contributed by atoms with Crippen molar-refractivity contribution in [1.82, 2.24) is 24.3 Å². The number of Topliss-reactive ketones (excluding diaryl/α,β-unsaturated/α-hetero) is 1. The average Bonchev–Trinajstić information content (AvgIpc) is 3.30. The fourth-order valence-corrected chi connectivity index (χ4v) is 5.18. The number of aromatic nitrogens is 5. The zero-order valence-electron chi connectivity index (χ0n) is 22.8. The number of hydrogen-bond donors (Lipinski definition) is 0. The molecule has 0 saturated carbocycles. The number of carbonyl (C=O) groups is 1. The fraction of sp³-hybridized carbons (Fsp3) is 0.233. The van der Waals surface area contributed by atoms with E-state index in [4.69, 9.17) is 14.2 Å². The monoisotopic (exact) mass is 573 g/mol. The molecule has 5 aromatic rings. The molecule has 0 aliphatic carbocycles. The number of nitrogens with zero attached hydrogens (tertiary/aromatic N) is 5. The van der Waals surface area contributed by atoms with Crippen molar-refractivity contribution in [3.8, 4) is 28.8 Å². The van der Waals surface area contributed by atoms with E-state index < -0.39 is 23.0 Å². The molecule has 3 aromatic heterocycles. The van der Waals surface area contributed by atoms with Crippen molar-refractivity contribution in [3.05, 3.63) is 93.9 Å². The van der Waals surface area contributed by atoms with Crippen LogP contribution in [0, 0.1) is 11.6 Å². The van der Waals surface area contributed by atoms with Crippen LogP contribution in [0.2, 0.25) is 0 Å². The van der Waals surface area contributed by atoms with E-state index in [-0.39, 0.29) is 23.6 Å². The fourth-order valence-electron chi connectivity index (χ4n) is 5.18. The summed E-state index contributed by atoms with van der Waals surface area (Å²) in [5, 5.41) is 0.596. The second kappa shape index (κ2) is 11.0. The van der Waals surface area contributed by atoms with Crippen LogP contribution in [-0.4, -0.2) is 44.3 Å². The smallest absolute Gasteiger partial charge is 0.282 e. The summed E-state index contributed by atoms with van der Waals surface area (Å²) in [6.45, 7) is 0.411. The van der Waals surface area contributed by atoms with Gasteiger partial charge in [0.1, 0.15) is 35.0 Å². The molecule has 42 heavy (non-hydrogen) atoms. The molecule has 1 aliphatic rings. The van der Waals surface area contributed by atoms with E-state index in [1.165, 1.54) is 26.7 Å². The minimum absolute atomic E-state index is 0.0303. The van der Waals surface area contributed by atoms with Crippen molar-refractivity contribution >= 4 is 16.7 Å². The highest BCUT2D eigenvalue weighted by Crippen LogP contribution is 2.35. The van der Waals surface area contributed by atoms with Gasteiger partial charge in [-0.15, -0.1) is 0 Å². The van der Waals surface area contributed by atoms with Crippen LogP contribution in [0.1, 0.15) is 34.6 Å². The summed E-state index contributed by atoms with van der Waals surface area (Å²) in [6, 6.07) is 9.59. The second-order valence-electron chi connectivity index (χ2n) is 9.71. The molecule has 12 heteroatoms. The van der Waals surface area contributed by atoms with Crippen LogP contribution in [0.3, 0.4) is 0 Å². The molecular formula is C30H25F2N5O5. The lowest BCUT2D eigenvalue weighted by Crippen LogP contribution is -2.25. The molecule has 0 saturated heterocycles. The van der Waals surface area contributed by atoms with Gasteiger partial charge >= 0.3 is 0 Å². The van der Waals surface area contributed by atoms with Crippen molar-refractivity contribution < 1.29 is 27.8 Å². The summed E-state index contributed by atoms with van der Waals surface area (Å²) in [4.78, 5) is 39.7. The topological polar surface area (TPSA) is 110 Å². The van der Waals surface area contributed by atoms with Gasteiger partial charge in [0, 0.05) is 24.4 Å². The second-order valence-corrected chi connectivity index (χ2v) is 9.71. The Balaban J connectivity index is 1.27. The molecule has 0 spiro atoms. The number of ketones is 1. The molecule has 0 N–H and O–H groups in total. The summed E-state index contributed by atoms with van der Waals surface area (Å²) < 4.78 is 47.9. The van der Waals surface area contributed by atoms with Gasteiger partial charge in [-0.3, -0.25) is 19.3 Å². The van der Waals surface area contributed by atoms with E-state index in [1.807, 2.05) is 0 Å². The minimum atomic E-state index is -0.755. The van der Waals surface area contributed by atoms with Crippen LogP contribution in [-0.2, 0) is 19.4 Å². The lowest BCUT2D eigenvalue weighted by Gasteiger charge is -2.19. The van der Waals surface area contributed by atoms with Crippen molar-refractivity contribution in [1.29, 1.82) is 0 Å².